The summed E-state index contributed by atoms with van der Waals surface area (Å²) in [7, 11) is 0. The molecule has 7 heteroatoms. The summed E-state index contributed by atoms with van der Waals surface area (Å²) >= 11 is 0. The summed E-state index contributed by atoms with van der Waals surface area (Å²) in [6, 6.07) is 6.65. The maximum atomic E-state index is 11.8. The summed E-state index contributed by atoms with van der Waals surface area (Å²) in [5.41, 5.74) is 1.06. The first kappa shape index (κ1) is 17.1. The lowest BCUT2D eigenvalue weighted by Gasteiger charge is -2.35. The zero-order valence-corrected chi connectivity index (χ0v) is 13.6. The largest absolute Gasteiger partial charge is 0.508 e. The van der Waals surface area contributed by atoms with Crippen molar-refractivity contribution in [3.05, 3.63) is 24.3 Å². The Morgan fingerprint density at radius 1 is 1.13 bits per heavy atom. The zero-order chi connectivity index (χ0) is 16.8. The molecule has 1 saturated heterocycles. The second-order valence-electron chi connectivity index (χ2n) is 5.96. The minimum Gasteiger partial charge on any atom is -0.508 e. The lowest BCUT2D eigenvalue weighted by molar-refractivity contribution is -0.121. The van der Waals surface area contributed by atoms with Crippen LogP contribution in [0.4, 0.5) is 10.5 Å². The smallest absolute Gasteiger partial charge is 0.321 e. The number of amides is 3. The molecule has 7 nitrogen and oxygen atoms in total. The number of nitrogens with one attached hydrogen (secondary N) is 2. The van der Waals surface area contributed by atoms with Gasteiger partial charge in [0.05, 0.1) is 6.54 Å². The van der Waals surface area contributed by atoms with E-state index in [1.807, 2.05) is 30.9 Å². The minimum absolute atomic E-state index is 0.00310. The van der Waals surface area contributed by atoms with Crippen molar-refractivity contribution in [2.45, 2.75) is 19.9 Å². The van der Waals surface area contributed by atoms with Gasteiger partial charge in [-0.3, -0.25) is 15.0 Å². The Labute approximate surface area is 136 Å². The second-order valence-corrected chi connectivity index (χ2v) is 5.96. The highest BCUT2D eigenvalue weighted by atomic mass is 16.3. The number of anilines is 1. The molecule has 0 aliphatic carbocycles. The summed E-state index contributed by atoms with van der Waals surface area (Å²) < 4.78 is 0. The molecule has 1 aromatic rings. The Kier molecular flexibility index (Phi) is 5.81. The van der Waals surface area contributed by atoms with Crippen LogP contribution in [0.1, 0.15) is 13.8 Å². The Bertz CT molecular complexity index is 537. The topological polar surface area (TPSA) is 84.9 Å². The summed E-state index contributed by atoms with van der Waals surface area (Å²) in [6.07, 6.45) is 0. The molecular formula is C16H24N4O3. The van der Waals surface area contributed by atoms with Crippen LogP contribution in [-0.4, -0.2) is 60.7 Å². The summed E-state index contributed by atoms with van der Waals surface area (Å²) in [6.45, 7) is 7.00. The van der Waals surface area contributed by atoms with Gasteiger partial charge in [-0.2, -0.15) is 0 Å². The summed E-state index contributed by atoms with van der Waals surface area (Å²) in [4.78, 5) is 27.5. The number of rotatable bonds is 4. The molecule has 3 N–H and O–H groups in total. The number of benzene rings is 1. The number of urea groups is 1. The molecule has 0 saturated carbocycles. The molecule has 1 fully saturated rings. The van der Waals surface area contributed by atoms with Crippen molar-refractivity contribution in [1.82, 2.24) is 15.5 Å². The van der Waals surface area contributed by atoms with Crippen LogP contribution in [0.25, 0.3) is 0 Å². The molecule has 1 aliphatic heterocycles. The van der Waals surface area contributed by atoms with Gasteiger partial charge in [-0.25, -0.2) is 4.79 Å². The van der Waals surface area contributed by atoms with Gasteiger partial charge in [0.15, 0.2) is 0 Å². The maximum Gasteiger partial charge on any atom is 0.321 e. The van der Waals surface area contributed by atoms with Gasteiger partial charge >= 0.3 is 6.03 Å². The maximum absolute atomic E-state index is 11.8. The second kappa shape index (κ2) is 7.82. The van der Waals surface area contributed by atoms with Crippen LogP contribution in [0, 0.1) is 0 Å². The lowest BCUT2D eigenvalue weighted by Crippen LogP contribution is -2.51. The highest BCUT2D eigenvalue weighted by molar-refractivity contribution is 5.95. The lowest BCUT2D eigenvalue weighted by atomic mass is 10.2. The van der Waals surface area contributed by atoms with Crippen LogP contribution in [-0.2, 0) is 4.79 Å². The summed E-state index contributed by atoms with van der Waals surface area (Å²) in [5, 5.41) is 14.3. The third-order valence-corrected chi connectivity index (χ3v) is 3.63. The van der Waals surface area contributed by atoms with E-state index < -0.39 is 6.03 Å². The van der Waals surface area contributed by atoms with Gasteiger partial charge in [0, 0.05) is 37.9 Å². The predicted molar refractivity (Wildman–Crippen MR) is 88.6 cm³/mol. The van der Waals surface area contributed by atoms with Gasteiger partial charge < -0.3 is 15.3 Å². The van der Waals surface area contributed by atoms with Crippen molar-refractivity contribution < 1.29 is 14.7 Å². The van der Waals surface area contributed by atoms with E-state index in [0.717, 1.165) is 31.9 Å². The molecule has 3 amide bonds. The molecule has 0 radical (unpaired) electrons. The van der Waals surface area contributed by atoms with E-state index in [9.17, 15) is 14.7 Å². The number of carbonyl (C=O) groups is 2. The molecule has 23 heavy (non-hydrogen) atoms. The Morgan fingerprint density at radius 3 is 2.30 bits per heavy atom. The van der Waals surface area contributed by atoms with Crippen molar-refractivity contribution in [1.29, 1.82) is 0 Å². The first-order valence-electron chi connectivity index (χ1n) is 7.80. The quantitative estimate of drug-likeness (QED) is 0.762. The molecular weight excluding hydrogens is 296 g/mol. The molecule has 1 heterocycles. The number of phenolic OH excluding ortho intramolecular Hbond substituents is 1. The fourth-order valence-electron chi connectivity index (χ4n) is 2.50. The monoisotopic (exact) mass is 320 g/mol. The number of nitrogens with zero attached hydrogens (tertiary/aromatic N) is 2. The minimum atomic E-state index is -0.451. The van der Waals surface area contributed by atoms with Crippen LogP contribution in [0.2, 0.25) is 0 Å². The number of phenols is 1. The Morgan fingerprint density at radius 2 is 1.74 bits per heavy atom. The van der Waals surface area contributed by atoms with Crippen LogP contribution < -0.4 is 15.5 Å². The molecule has 0 unspecified atom stereocenters. The third-order valence-electron chi connectivity index (χ3n) is 3.63. The van der Waals surface area contributed by atoms with Gasteiger partial charge in [0.25, 0.3) is 0 Å². The van der Waals surface area contributed by atoms with E-state index in [2.05, 4.69) is 15.5 Å². The average Bonchev–Trinajstić information content (AvgIpc) is 2.48. The van der Waals surface area contributed by atoms with E-state index in [-0.39, 0.29) is 24.2 Å². The van der Waals surface area contributed by atoms with Gasteiger partial charge in [0.1, 0.15) is 5.75 Å². The number of aromatic hydroxyl groups is 1. The average molecular weight is 320 g/mol. The van der Waals surface area contributed by atoms with Crippen LogP contribution in [0.5, 0.6) is 5.75 Å². The number of hydrogen-bond donors (Lipinski definition) is 3. The number of imide groups is 1. The molecule has 0 spiro atoms. The zero-order valence-electron chi connectivity index (χ0n) is 13.6. The molecule has 0 bridgehead atoms. The van der Waals surface area contributed by atoms with Gasteiger partial charge in [-0.1, -0.05) is 0 Å². The van der Waals surface area contributed by atoms with E-state index in [4.69, 9.17) is 0 Å². The molecule has 2 rings (SSSR count). The van der Waals surface area contributed by atoms with Crippen molar-refractivity contribution in [3.8, 4) is 5.75 Å². The van der Waals surface area contributed by atoms with E-state index in [1.54, 1.807) is 12.1 Å². The van der Waals surface area contributed by atoms with Crippen molar-refractivity contribution in [3.63, 3.8) is 0 Å². The Balaban J connectivity index is 1.75. The fourth-order valence-corrected chi connectivity index (χ4v) is 2.50. The summed E-state index contributed by atoms with van der Waals surface area (Å²) in [5.74, 6) is -0.0371. The number of hydrogen-bond acceptors (Lipinski definition) is 5. The number of piperazine rings is 1. The van der Waals surface area contributed by atoms with Crippen molar-refractivity contribution >= 4 is 17.6 Å². The van der Waals surface area contributed by atoms with Crippen LogP contribution in [0.15, 0.2) is 24.3 Å². The molecule has 1 aliphatic rings. The van der Waals surface area contributed by atoms with Crippen molar-refractivity contribution in [2.75, 3.05) is 37.6 Å². The first-order valence-corrected chi connectivity index (χ1v) is 7.80. The highest BCUT2D eigenvalue weighted by Crippen LogP contribution is 2.19. The standard InChI is InChI=1S/C16H24N4O3/c1-12(2)17-16(23)18-15(22)11-19-7-9-20(10-8-19)13-3-5-14(21)6-4-13/h3-6,12,21H,7-11H2,1-2H3,(H2,17,18,22,23). The fraction of sp³-hybridized carbons (Fsp3) is 0.500. The van der Waals surface area contributed by atoms with Crippen LogP contribution in [0.3, 0.4) is 0 Å². The number of carbonyl (C=O) groups excluding carboxylic acids is 2. The van der Waals surface area contributed by atoms with Crippen LogP contribution >= 0.6 is 0 Å². The molecule has 0 atom stereocenters. The third kappa shape index (κ3) is 5.45. The first-order chi connectivity index (χ1) is 10.9. The predicted octanol–water partition coefficient (Wildman–Crippen LogP) is 0.748. The molecule has 126 valence electrons. The Hall–Kier alpha value is -2.28. The van der Waals surface area contributed by atoms with Gasteiger partial charge in [-0.05, 0) is 38.1 Å². The van der Waals surface area contributed by atoms with Gasteiger partial charge in [-0.15, -0.1) is 0 Å². The van der Waals surface area contributed by atoms with E-state index >= 15 is 0 Å². The van der Waals surface area contributed by atoms with E-state index in [1.165, 1.54) is 0 Å². The van der Waals surface area contributed by atoms with Gasteiger partial charge in [0.2, 0.25) is 5.91 Å². The molecule has 1 aromatic carbocycles. The highest BCUT2D eigenvalue weighted by Gasteiger charge is 2.20. The molecule has 0 aromatic heterocycles. The normalized spacial score (nSPS) is 15.5. The van der Waals surface area contributed by atoms with Crippen molar-refractivity contribution in [2.24, 2.45) is 0 Å². The SMILES string of the molecule is CC(C)NC(=O)NC(=O)CN1CCN(c2ccc(O)cc2)CC1. The van der Waals surface area contributed by atoms with E-state index in [0.29, 0.717) is 0 Å².